The van der Waals surface area contributed by atoms with Crippen LogP contribution >= 0.6 is 11.3 Å². The van der Waals surface area contributed by atoms with Crippen LogP contribution in [0.25, 0.3) is 11.1 Å². The number of rotatable bonds is 8. The first-order valence-electron chi connectivity index (χ1n) is 7.33. The lowest BCUT2D eigenvalue weighted by atomic mass is 10.0. The van der Waals surface area contributed by atoms with E-state index >= 15 is 0 Å². The number of hydrogen-bond acceptors (Lipinski definition) is 4. The molecule has 1 amide bonds. The van der Waals surface area contributed by atoms with Gasteiger partial charge in [-0.25, -0.2) is 0 Å². The average Bonchev–Trinajstić information content (AvgIpc) is 3.01. The molecule has 0 saturated heterocycles. The van der Waals surface area contributed by atoms with Crippen molar-refractivity contribution in [3.8, 4) is 11.1 Å². The molecule has 2 rings (SSSR count). The lowest BCUT2D eigenvalue weighted by Gasteiger charge is -2.07. The number of benzene rings is 1. The van der Waals surface area contributed by atoms with Gasteiger partial charge in [0.05, 0.1) is 18.1 Å². The Morgan fingerprint density at radius 2 is 2.00 bits per heavy atom. The van der Waals surface area contributed by atoms with Gasteiger partial charge in [-0.3, -0.25) is 4.79 Å². The molecule has 1 heterocycles. The summed E-state index contributed by atoms with van der Waals surface area (Å²) in [6.45, 7) is 3.52. The fraction of sp³-hybridized carbons (Fsp3) is 0.353. The monoisotopic (exact) mass is 319 g/mol. The summed E-state index contributed by atoms with van der Waals surface area (Å²) < 4.78 is 5.16. The summed E-state index contributed by atoms with van der Waals surface area (Å²) in [7, 11) is 0. The van der Waals surface area contributed by atoms with Gasteiger partial charge in [0.1, 0.15) is 0 Å². The Balaban J connectivity index is 1.91. The largest absolute Gasteiger partial charge is 0.394 e. The maximum absolute atomic E-state index is 12.3. The number of thiophene rings is 1. The molecule has 0 fully saturated rings. The predicted molar refractivity (Wildman–Crippen MR) is 89.3 cm³/mol. The molecule has 22 heavy (non-hydrogen) atoms. The highest BCUT2D eigenvalue weighted by atomic mass is 32.1. The van der Waals surface area contributed by atoms with Crippen molar-refractivity contribution in [1.82, 2.24) is 5.32 Å². The SMILES string of the molecule is Cc1ccc(-c2ccsc2C(=O)NCCCOCCO)cc1. The first-order chi connectivity index (χ1) is 10.7. The normalized spacial score (nSPS) is 10.6. The third kappa shape index (κ3) is 4.66. The smallest absolute Gasteiger partial charge is 0.261 e. The second-order valence-electron chi connectivity index (χ2n) is 4.97. The number of aryl methyl sites for hydroxylation is 1. The molecule has 0 aliphatic carbocycles. The quantitative estimate of drug-likeness (QED) is 0.736. The number of amides is 1. The minimum atomic E-state index is -0.0484. The van der Waals surface area contributed by atoms with Crippen molar-refractivity contribution >= 4 is 17.2 Å². The van der Waals surface area contributed by atoms with Crippen molar-refractivity contribution < 1.29 is 14.6 Å². The topological polar surface area (TPSA) is 58.6 Å². The first-order valence-corrected chi connectivity index (χ1v) is 8.21. The number of ether oxygens (including phenoxy) is 1. The van der Waals surface area contributed by atoms with Crippen LogP contribution < -0.4 is 5.32 Å². The summed E-state index contributed by atoms with van der Waals surface area (Å²) in [6, 6.07) is 10.2. The van der Waals surface area contributed by atoms with Crippen LogP contribution in [0.3, 0.4) is 0 Å². The third-order valence-corrected chi connectivity index (χ3v) is 4.13. The number of nitrogens with one attached hydrogen (secondary N) is 1. The molecule has 1 aromatic heterocycles. The fourth-order valence-corrected chi connectivity index (χ4v) is 2.90. The molecule has 118 valence electrons. The summed E-state index contributed by atoms with van der Waals surface area (Å²) in [5, 5.41) is 13.4. The molecule has 0 aliphatic heterocycles. The van der Waals surface area contributed by atoms with Crippen molar-refractivity contribution in [2.75, 3.05) is 26.4 Å². The van der Waals surface area contributed by atoms with Crippen LogP contribution in [0.1, 0.15) is 21.7 Å². The maximum atomic E-state index is 12.3. The van der Waals surface area contributed by atoms with Crippen LogP contribution in [0.2, 0.25) is 0 Å². The molecule has 0 unspecified atom stereocenters. The minimum Gasteiger partial charge on any atom is -0.394 e. The highest BCUT2D eigenvalue weighted by molar-refractivity contribution is 7.12. The number of aliphatic hydroxyl groups excluding tert-OH is 1. The van der Waals surface area contributed by atoms with Gasteiger partial charge in [-0.2, -0.15) is 0 Å². The predicted octanol–water partition coefficient (Wildman–Crippen LogP) is 2.85. The third-order valence-electron chi connectivity index (χ3n) is 3.22. The zero-order valence-electron chi connectivity index (χ0n) is 12.7. The van der Waals surface area contributed by atoms with Crippen LogP contribution in [-0.4, -0.2) is 37.4 Å². The molecule has 0 saturated carbocycles. The van der Waals surface area contributed by atoms with Crippen molar-refractivity contribution in [1.29, 1.82) is 0 Å². The first kappa shape index (κ1) is 16.7. The lowest BCUT2D eigenvalue weighted by Crippen LogP contribution is -2.25. The van der Waals surface area contributed by atoms with Crippen molar-refractivity contribution in [2.24, 2.45) is 0 Å². The molecule has 0 atom stereocenters. The standard InChI is InChI=1S/C17H21NO3S/c1-13-3-5-14(6-4-13)15-7-12-22-16(15)17(20)18-8-2-10-21-11-9-19/h3-7,12,19H,2,8-11H2,1H3,(H,18,20). The van der Waals surface area contributed by atoms with Gasteiger partial charge in [0.2, 0.25) is 0 Å². The lowest BCUT2D eigenvalue weighted by molar-refractivity contribution is 0.0869. The van der Waals surface area contributed by atoms with E-state index in [4.69, 9.17) is 9.84 Å². The van der Waals surface area contributed by atoms with Gasteiger partial charge in [0, 0.05) is 18.7 Å². The highest BCUT2D eigenvalue weighted by Crippen LogP contribution is 2.28. The van der Waals surface area contributed by atoms with E-state index in [2.05, 4.69) is 5.32 Å². The number of carbonyl (C=O) groups is 1. The van der Waals surface area contributed by atoms with Crippen LogP contribution in [0.15, 0.2) is 35.7 Å². The molecule has 0 radical (unpaired) electrons. The van der Waals surface area contributed by atoms with Gasteiger partial charge in [0.15, 0.2) is 0 Å². The Labute approximate surface area is 134 Å². The Morgan fingerprint density at radius 3 is 2.73 bits per heavy atom. The van der Waals surface area contributed by atoms with Gasteiger partial charge in [-0.05, 0) is 30.4 Å². The Bertz CT molecular complexity index is 592. The second-order valence-corrected chi connectivity index (χ2v) is 5.89. The molecule has 0 spiro atoms. The van der Waals surface area contributed by atoms with E-state index in [1.54, 1.807) is 0 Å². The molecule has 2 N–H and O–H groups in total. The summed E-state index contributed by atoms with van der Waals surface area (Å²) >= 11 is 1.45. The zero-order valence-corrected chi connectivity index (χ0v) is 13.5. The maximum Gasteiger partial charge on any atom is 0.261 e. The van der Waals surface area contributed by atoms with Gasteiger partial charge in [-0.15, -0.1) is 11.3 Å². The second kappa shape index (κ2) is 8.68. The van der Waals surface area contributed by atoms with Crippen LogP contribution in [0, 0.1) is 6.92 Å². The molecular formula is C17H21NO3S. The minimum absolute atomic E-state index is 0.0292. The van der Waals surface area contributed by atoms with E-state index in [1.165, 1.54) is 16.9 Å². The number of carbonyl (C=O) groups excluding carboxylic acids is 1. The van der Waals surface area contributed by atoms with E-state index in [1.807, 2.05) is 42.6 Å². The Kier molecular flexibility index (Phi) is 6.58. The van der Waals surface area contributed by atoms with Crippen LogP contribution in [0.5, 0.6) is 0 Å². The number of aliphatic hydroxyl groups is 1. The highest BCUT2D eigenvalue weighted by Gasteiger charge is 2.13. The molecule has 1 aromatic carbocycles. The van der Waals surface area contributed by atoms with E-state index < -0.39 is 0 Å². The summed E-state index contributed by atoms with van der Waals surface area (Å²) in [4.78, 5) is 13.0. The molecule has 4 nitrogen and oxygen atoms in total. The molecular weight excluding hydrogens is 298 g/mol. The summed E-state index contributed by atoms with van der Waals surface area (Å²) in [6.07, 6.45) is 0.733. The molecule has 5 heteroatoms. The van der Waals surface area contributed by atoms with E-state index in [-0.39, 0.29) is 12.5 Å². The van der Waals surface area contributed by atoms with Crippen molar-refractivity contribution in [2.45, 2.75) is 13.3 Å². The van der Waals surface area contributed by atoms with Gasteiger partial charge >= 0.3 is 0 Å². The Hall–Kier alpha value is -1.69. The fourth-order valence-electron chi connectivity index (χ4n) is 2.07. The van der Waals surface area contributed by atoms with E-state index in [0.29, 0.717) is 19.8 Å². The summed E-state index contributed by atoms with van der Waals surface area (Å²) in [5.74, 6) is -0.0484. The molecule has 2 aromatic rings. The molecule has 0 aliphatic rings. The van der Waals surface area contributed by atoms with Crippen LogP contribution in [0.4, 0.5) is 0 Å². The average molecular weight is 319 g/mol. The van der Waals surface area contributed by atoms with E-state index in [0.717, 1.165) is 22.4 Å². The zero-order chi connectivity index (χ0) is 15.8. The van der Waals surface area contributed by atoms with Crippen LogP contribution in [-0.2, 0) is 4.74 Å². The van der Waals surface area contributed by atoms with Gasteiger partial charge in [-0.1, -0.05) is 29.8 Å². The molecule has 0 bridgehead atoms. The summed E-state index contributed by atoms with van der Waals surface area (Å²) in [5.41, 5.74) is 3.23. The number of hydrogen-bond donors (Lipinski definition) is 2. The van der Waals surface area contributed by atoms with Gasteiger partial charge in [0.25, 0.3) is 5.91 Å². The van der Waals surface area contributed by atoms with Gasteiger partial charge < -0.3 is 15.2 Å². The van der Waals surface area contributed by atoms with Crippen molar-refractivity contribution in [3.05, 3.63) is 46.2 Å². The Morgan fingerprint density at radius 1 is 1.23 bits per heavy atom. The van der Waals surface area contributed by atoms with E-state index in [9.17, 15) is 4.79 Å². The van der Waals surface area contributed by atoms with Crippen molar-refractivity contribution in [3.63, 3.8) is 0 Å².